The van der Waals surface area contributed by atoms with Crippen molar-refractivity contribution in [2.24, 2.45) is 0 Å². The molecule has 0 amide bonds. The molecule has 0 saturated carbocycles. The van der Waals surface area contributed by atoms with Crippen LogP contribution in [0, 0.1) is 0 Å². The van der Waals surface area contributed by atoms with Crippen LogP contribution < -0.4 is 5.32 Å². The molecule has 1 heterocycles. The number of ether oxygens (including phenoxy) is 1. The van der Waals surface area contributed by atoms with Crippen molar-refractivity contribution in [3.63, 3.8) is 0 Å². The Morgan fingerprint density at radius 1 is 1.29 bits per heavy atom. The van der Waals surface area contributed by atoms with Crippen LogP contribution in [-0.2, 0) is 4.74 Å². The molecule has 1 aliphatic rings. The van der Waals surface area contributed by atoms with E-state index in [0.29, 0.717) is 12.1 Å². The zero-order valence-electron chi connectivity index (χ0n) is 11.9. The van der Waals surface area contributed by atoms with Crippen LogP contribution in [0.1, 0.15) is 46.5 Å². The number of piperidine rings is 1. The Balaban J connectivity index is 1.95. The standard InChI is InChI=1S/C14H30N2O/c1-4-9-16-10-6-14(7-11-16)17-12-5-8-15-13(2)3/h13-15H,4-12H2,1-3H3. The summed E-state index contributed by atoms with van der Waals surface area (Å²) in [4.78, 5) is 2.56. The molecular weight excluding hydrogens is 212 g/mol. The van der Waals surface area contributed by atoms with Gasteiger partial charge in [0.05, 0.1) is 6.10 Å². The molecule has 1 fully saturated rings. The third-order valence-corrected chi connectivity index (χ3v) is 3.30. The van der Waals surface area contributed by atoms with Crippen molar-refractivity contribution in [1.82, 2.24) is 10.2 Å². The Labute approximate surface area is 107 Å². The van der Waals surface area contributed by atoms with E-state index >= 15 is 0 Å². The van der Waals surface area contributed by atoms with Crippen LogP contribution in [0.5, 0.6) is 0 Å². The molecule has 0 spiro atoms. The Morgan fingerprint density at radius 3 is 2.59 bits per heavy atom. The predicted molar refractivity (Wildman–Crippen MR) is 73.5 cm³/mol. The van der Waals surface area contributed by atoms with Crippen molar-refractivity contribution in [3.8, 4) is 0 Å². The van der Waals surface area contributed by atoms with Crippen LogP contribution in [-0.4, -0.2) is 49.8 Å². The smallest absolute Gasteiger partial charge is 0.0599 e. The average Bonchev–Trinajstić information content (AvgIpc) is 2.31. The number of hydrogen-bond acceptors (Lipinski definition) is 3. The number of nitrogens with zero attached hydrogens (tertiary/aromatic N) is 1. The minimum atomic E-state index is 0.516. The highest BCUT2D eigenvalue weighted by Crippen LogP contribution is 2.13. The lowest BCUT2D eigenvalue weighted by Crippen LogP contribution is -2.37. The molecule has 1 saturated heterocycles. The highest BCUT2D eigenvalue weighted by Gasteiger charge is 2.18. The van der Waals surface area contributed by atoms with Crippen molar-refractivity contribution >= 4 is 0 Å². The summed E-state index contributed by atoms with van der Waals surface area (Å²) in [6.07, 6.45) is 5.36. The Morgan fingerprint density at radius 2 is 2.00 bits per heavy atom. The van der Waals surface area contributed by atoms with Gasteiger partial charge >= 0.3 is 0 Å². The second-order valence-electron chi connectivity index (χ2n) is 5.37. The van der Waals surface area contributed by atoms with E-state index < -0.39 is 0 Å². The summed E-state index contributed by atoms with van der Waals surface area (Å²) in [6.45, 7) is 12.3. The lowest BCUT2D eigenvalue weighted by atomic mass is 10.1. The topological polar surface area (TPSA) is 24.5 Å². The number of likely N-dealkylation sites (tertiary alicyclic amines) is 1. The maximum Gasteiger partial charge on any atom is 0.0599 e. The Bertz CT molecular complexity index is 177. The first-order chi connectivity index (χ1) is 8.22. The van der Waals surface area contributed by atoms with Crippen LogP contribution in [0.15, 0.2) is 0 Å². The third-order valence-electron chi connectivity index (χ3n) is 3.30. The highest BCUT2D eigenvalue weighted by atomic mass is 16.5. The Kier molecular flexibility index (Phi) is 7.82. The van der Waals surface area contributed by atoms with E-state index in [1.165, 1.54) is 38.9 Å². The molecule has 0 aromatic heterocycles. The van der Waals surface area contributed by atoms with Crippen molar-refractivity contribution in [2.75, 3.05) is 32.8 Å². The second kappa shape index (κ2) is 8.90. The molecule has 3 heteroatoms. The van der Waals surface area contributed by atoms with E-state index in [9.17, 15) is 0 Å². The summed E-state index contributed by atoms with van der Waals surface area (Å²) in [6, 6.07) is 0.590. The van der Waals surface area contributed by atoms with Gasteiger partial charge in [0.2, 0.25) is 0 Å². The van der Waals surface area contributed by atoms with Gasteiger partial charge in [-0.15, -0.1) is 0 Å². The van der Waals surface area contributed by atoms with Gasteiger partial charge in [0.1, 0.15) is 0 Å². The summed E-state index contributed by atoms with van der Waals surface area (Å²) in [5, 5.41) is 3.42. The lowest BCUT2D eigenvalue weighted by molar-refractivity contribution is 0.00666. The number of rotatable bonds is 8. The molecule has 1 N–H and O–H groups in total. The normalized spacial score (nSPS) is 19.1. The van der Waals surface area contributed by atoms with Crippen LogP contribution in [0.3, 0.4) is 0 Å². The van der Waals surface area contributed by atoms with Crippen molar-refractivity contribution in [1.29, 1.82) is 0 Å². The van der Waals surface area contributed by atoms with Gasteiger partial charge in [-0.3, -0.25) is 0 Å². The average molecular weight is 242 g/mol. The molecule has 102 valence electrons. The minimum Gasteiger partial charge on any atom is -0.378 e. The van der Waals surface area contributed by atoms with Gasteiger partial charge in [0.15, 0.2) is 0 Å². The molecule has 0 radical (unpaired) electrons. The van der Waals surface area contributed by atoms with E-state index in [1.54, 1.807) is 0 Å². The summed E-state index contributed by atoms with van der Waals surface area (Å²) >= 11 is 0. The van der Waals surface area contributed by atoms with E-state index in [-0.39, 0.29) is 0 Å². The summed E-state index contributed by atoms with van der Waals surface area (Å²) in [7, 11) is 0. The van der Waals surface area contributed by atoms with Gasteiger partial charge in [0, 0.05) is 25.7 Å². The summed E-state index contributed by atoms with van der Waals surface area (Å²) < 4.78 is 5.92. The van der Waals surface area contributed by atoms with Gasteiger partial charge in [-0.05, 0) is 38.8 Å². The fourth-order valence-corrected chi connectivity index (χ4v) is 2.33. The lowest BCUT2D eigenvalue weighted by Gasteiger charge is -2.31. The largest absolute Gasteiger partial charge is 0.378 e. The molecule has 0 aromatic carbocycles. The maximum absolute atomic E-state index is 5.92. The van der Waals surface area contributed by atoms with Gasteiger partial charge in [-0.25, -0.2) is 0 Å². The molecule has 1 rings (SSSR count). The number of nitrogens with one attached hydrogen (secondary N) is 1. The van der Waals surface area contributed by atoms with E-state index in [0.717, 1.165) is 19.6 Å². The molecule has 3 nitrogen and oxygen atoms in total. The quantitative estimate of drug-likeness (QED) is 0.661. The van der Waals surface area contributed by atoms with E-state index in [1.807, 2.05) is 0 Å². The second-order valence-corrected chi connectivity index (χ2v) is 5.37. The maximum atomic E-state index is 5.92. The van der Waals surface area contributed by atoms with Crippen LogP contribution in [0.4, 0.5) is 0 Å². The van der Waals surface area contributed by atoms with Gasteiger partial charge in [-0.1, -0.05) is 20.8 Å². The fourth-order valence-electron chi connectivity index (χ4n) is 2.33. The molecule has 17 heavy (non-hydrogen) atoms. The number of hydrogen-bond donors (Lipinski definition) is 1. The molecule has 0 unspecified atom stereocenters. The van der Waals surface area contributed by atoms with Crippen molar-refractivity contribution in [3.05, 3.63) is 0 Å². The molecule has 0 aromatic rings. The fraction of sp³-hybridized carbons (Fsp3) is 1.00. The summed E-state index contributed by atoms with van der Waals surface area (Å²) in [5.41, 5.74) is 0. The van der Waals surface area contributed by atoms with Crippen molar-refractivity contribution < 1.29 is 4.74 Å². The van der Waals surface area contributed by atoms with E-state index in [4.69, 9.17) is 4.74 Å². The first-order valence-corrected chi connectivity index (χ1v) is 7.29. The van der Waals surface area contributed by atoms with E-state index in [2.05, 4.69) is 31.0 Å². The zero-order valence-corrected chi connectivity index (χ0v) is 11.9. The highest BCUT2D eigenvalue weighted by molar-refractivity contribution is 4.72. The van der Waals surface area contributed by atoms with Gasteiger partial charge in [-0.2, -0.15) is 0 Å². The Hall–Kier alpha value is -0.120. The first-order valence-electron chi connectivity index (χ1n) is 7.29. The molecule has 0 bridgehead atoms. The van der Waals surface area contributed by atoms with Gasteiger partial charge < -0.3 is 15.0 Å². The first kappa shape index (κ1) is 14.9. The molecule has 0 atom stereocenters. The predicted octanol–water partition coefficient (Wildman–Crippen LogP) is 2.27. The molecule has 0 aliphatic carbocycles. The molecular formula is C14H30N2O. The minimum absolute atomic E-state index is 0.516. The van der Waals surface area contributed by atoms with Gasteiger partial charge in [0.25, 0.3) is 0 Å². The zero-order chi connectivity index (χ0) is 12.5. The van der Waals surface area contributed by atoms with Crippen LogP contribution in [0.25, 0.3) is 0 Å². The third kappa shape index (κ3) is 7.02. The summed E-state index contributed by atoms with van der Waals surface area (Å²) in [5.74, 6) is 0. The monoisotopic (exact) mass is 242 g/mol. The van der Waals surface area contributed by atoms with Crippen LogP contribution in [0.2, 0.25) is 0 Å². The van der Waals surface area contributed by atoms with Crippen LogP contribution >= 0.6 is 0 Å². The molecule has 1 aliphatic heterocycles. The van der Waals surface area contributed by atoms with Crippen molar-refractivity contribution in [2.45, 2.75) is 58.6 Å². The SMILES string of the molecule is CCCN1CCC(OCCCNC(C)C)CC1.